The number of esters is 1. The van der Waals surface area contributed by atoms with E-state index in [1.807, 2.05) is 27.0 Å². The minimum atomic E-state index is -0.575. The van der Waals surface area contributed by atoms with E-state index in [2.05, 4.69) is 10.1 Å². The lowest BCUT2D eigenvalue weighted by atomic mass is 10.2. The van der Waals surface area contributed by atoms with Crippen molar-refractivity contribution >= 4 is 23.0 Å². The Labute approximate surface area is 177 Å². The molecule has 0 fully saturated rings. The van der Waals surface area contributed by atoms with E-state index in [0.717, 1.165) is 5.56 Å². The minimum absolute atomic E-state index is 0.0524. The van der Waals surface area contributed by atoms with Gasteiger partial charge in [0, 0.05) is 36.2 Å². The van der Waals surface area contributed by atoms with Crippen LogP contribution in [-0.4, -0.2) is 37.9 Å². The second-order valence-electron chi connectivity index (χ2n) is 7.46. The molecule has 0 radical (unpaired) electrons. The van der Waals surface area contributed by atoms with Crippen LogP contribution >= 0.6 is 11.3 Å². The molecule has 3 aromatic rings. The van der Waals surface area contributed by atoms with E-state index < -0.39 is 16.5 Å². The first kappa shape index (κ1) is 21.4. The fraction of sp³-hybridized carbons (Fsp3) is 0.350. The van der Waals surface area contributed by atoms with Gasteiger partial charge < -0.3 is 9.47 Å². The summed E-state index contributed by atoms with van der Waals surface area (Å²) in [4.78, 5) is 27.0. The number of nitrogens with zero attached hydrogens (tertiary/aromatic N) is 4. The maximum absolute atomic E-state index is 12.1. The van der Waals surface area contributed by atoms with Gasteiger partial charge in [-0.05, 0) is 26.8 Å². The lowest BCUT2D eigenvalue weighted by Crippen LogP contribution is -2.24. The number of hydrogen-bond donors (Lipinski definition) is 0. The molecular weight excluding hydrogens is 408 g/mol. The number of aryl methyl sites for hydroxylation is 1. The zero-order valence-corrected chi connectivity index (χ0v) is 17.7. The summed E-state index contributed by atoms with van der Waals surface area (Å²) >= 11 is 1.35. The number of nitro benzene ring substituents is 1. The van der Waals surface area contributed by atoms with E-state index in [4.69, 9.17) is 9.47 Å². The number of ether oxygens (including phenoxy) is 2. The van der Waals surface area contributed by atoms with Crippen molar-refractivity contribution in [3.63, 3.8) is 0 Å². The largest absolute Gasteiger partial charge is 0.487 e. The normalized spacial score (nSPS) is 11.3. The summed E-state index contributed by atoms with van der Waals surface area (Å²) in [6.45, 7) is 6.32. The number of aromatic nitrogens is 3. The van der Waals surface area contributed by atoms with Crippen LogP contribution in [0.1, 0.15) is 37.7 Å². The Kier molecular flexibility index (Phi) is 6.46. The number of para-hydroxylation sites is 2. The van der Waals surface area contributed by atoms with Crippen molar-refractivity contribution in [3.8, 4) is 16.3 Å². The van der Waals surface area contributed by atoms with E-state index in [1.54, 1.807) is 34.5 Å². The number of nitro groups is 1. The molecule has 0 unspecified atom stereocenters. The predicted molar refractivity (Wildman–Crippen MR) is 112 cm³/mol. The van der Waals surface area contributed by atoms with Crippen molar-refractivity contribution < 1.29 is 19.2 Å². The first-order valence-electron chi connectivity index (χ1n) is 9.31. The monoisotopic (exact) mass is 430 g/mol. The molecule has 158 valence electrons. The van der Waals surface area contributed by atoms with Crippen LogP contribution < -0.4 is 4.74 Å². The Morgan fingerprint density at radius 2 is 2.07 bits per heavy atom. The highest BCUT2D eigenvalue weighted by molar-refractivity contribution is 7.13. The molecule has 1 aromatic carbocycles. The summed E-state index contributed by atoms with van der Waals surface area (Å²) in [6, 6.07) is 6.29. The average molecular weight is 430 g/mol. The molecule has 0 aliphatic rings. The minimum Gasteiger partial charge on any atom is -0.487 e. The molecule has 0 N–H and O–H groups in total. The van der Waals surface area contributed by atoms with Crippen molar-refractivity contribution in [3.05, 3.63) is 57.8 Å². The van der Waals surface area contributed by atoms with Crippen LogP contribution in [0.2, 0.25) is 0 Å². The highest BCUT2D eigenvalue weighted by atomic mass is 32.1. The SMILES string of the molecule is CC(C)(C)OC(=O)c1csc(-c2cnn(CCCOc3ccccc3[N+](=O)[O-])c2)n1. The molecule has 0 aliphatic carbocycles. The predicted octanol–water partition coefficient (Wildman–Crippen LogP) is 4.34. The van der Waals surface area contributed by atoms with Gasteiger partial charge in [0.05, 0.1) is 17.7 Å². The molecular formula is C20H22N4O5S. The summed E-state index contributed by atoms with van der Waals surface area (Å²) < 4.78 is 12.6. The van der Waals surface area contributed by atoms with Crippen LogP contribution in [0.15, 0.2) is 42.0 Å². The summed E-state index contributed by atoms with van der Waals surface area (Å²) in [7, 11) is 0. The molecule has 0 saturated heterocycles. The van der Waals surface area contributed by atoms with Crippen molar-refractivity contribution in [2.75, 3.05) is 6.61 Å². The van der Waals surface area contributed by atoms with E-state index in [1.165, 1.54) is 17.4 Å². The van der Waals surface area contributed by atoms with Crippen LogP contribution in [0.25, 0.3) is 10.6 Å². The number of benzene rings is 1. The standard InChI is InChI=1S/C20H22N4O5S/c1-20(2,3)29-19(25)15-13-30-18(22-15)14-11-21-23(12-14)9-6-10-28-17-8-5-4-7-16(17)24(26)27/h4-5,7-8,11-13H,6,9-10H2,1-3H3. The van der Waals surface area contributed by atoms with E-state index >= 15 is 0 Å². The smallest absolute Gasteiger partial charge is 0.358 e. The summed E-state index contributed by atoms with van der Waals surface area (Å²) in [6.07, 6.45) is 4.14. The van der Waals surface area contributed by atoms with Gasteiger partial charge in [0.2, 0.25) is 0 Å². The van der Waals surface area contributed by atoms with Crippen LogP contribution in [0.4, 0.5) is 5.69 Å². The second-order valence-corrected chi connectivity index (χ2v) is 8.32. The van der Waals surface area contributed by atoms with Gasteiger partial charge >= 0.3 is 11.7 Å². The van der Waals surface area contributed by atoms with Gasteiger partial charge in [-0.2, -0.15) is 5.10 Å². The van der Waals surface area contributed by atoms with Gasteiger partial charge in [0.25, 0.3) is 0 Å². The summed E-state index contributed by atoms with van der Waals surface area (Å²) in [5.74, 6) is -0.203. The quantitative estimate of drug-likeness (QED) is 0.226. The molecule has 0 aliphatic heterocycles. The van der Waals surface area contributed by atoms with Gasteiger partial charge in [-0.1, -0.05) is 12.1 Å². The Bertz CT molecular complexity index is 1040. The molecule has 3 rings (SSSR count). The van der Waals surface area contributed by atoms with Crippen LogP contribution in [0.5, 0.6) is 5.75 Å². The van der Waals surface area contributed by atoms with Gasteiger partial charge in [-0.25, -0.2) is 9.78 Å². The molecule has 0 saturated carbocycles. The van der Waals surface area contributed by atoms with Gasteiger partial charge in [0.15, 0.2) is 11.4 Å². The fourth-order valence-electron chi connectivity index (χ4n) is 2.57. The number of hydrogen-bond acceptors (Lipinski definition) is 8. The van der Waals surface area contributed by atoms with E-state index in [0.29, 0.717) is 24.6 Å². The lowest BCUT2D eigenvalue weighted by molar-refractivity contribution is -0.385. The zero-order valence-electron chi connectivity index (χ0n) is 16.9. The molecule has 2 aromatic heterocycles. The topological polar surface area (TPSA) is 109 Å². The fourth-order valence-corrected chi connectivity index (χ4v) is 3.33. The van der Waals surface area contributed by atoms with Gasteiger partial charge in [0.1, 0.15) is 10.6 Å². The van der Waals surface area contributed by atoms with Gasteiger partial charge in [-0.15, -0.1) is 11.3 Å². The van der Waals surface area contributed by atoms with Crippen LogP contribution in [0.3, 0.4) is 0 Å². The summed E-state index contributed by atoms with van der Waals surface area (Å²) in [5.41, 5.74) is 0.446. The summed E-state index contributed by atoms with van der Waals surface area (Å²) in [5, 5.41) is 17.6. The highest BCUT2D eigenvalue weighted by Crippen LogP contribution is 2.26. The van der Waals surface area contributed by atoms with E-state index in [-0.39, 0.29) is 17.1 Å². The third kappa shape index (κ3) is 5.63. The lowest BCUT2D eigenvalue weighted by Gasteiger charge is -2.18. The van der Waals surface area contributed by atoms with Gasteiger partial charge in [-0.3, -0.25) is 14.8 Å². The van der Waals surface area contributed by atoms with Crippen molar-refractivity contribution in [2.24, 2.45) is 0 Å². The number of carbonyl (C=O) groups is 1. The third-order valence-electron chi connectivity index (χ3n) is 3.84. The Hall–Kier alpha value is -3.27. The van der Waals surface area contributed by atoms with Crippen LogP contribution in [-0.2, 0) is 11.3 Å². The number of carbonyl (C=O) groups excluding carboxylic acids is 1. The first-order valence-corrected chi connectivity index (χ1v) is 10.2. The molecule has 0 atom stereocenters. The zero-order chi connectivity index (χ0) is 21.7. The Morgan fingerprint density at radius 3 is 2.80 bits per heavy atom. The molecule has 0 spiro atoms. The number of thiazole rings is 1. The number of rotatable bonds is 8. The maximum Gasteiger partial charge on any atom is 0.358 e. The van der Waals surface area contributed by atoms with Crippen molar-refractivity contribution in [2.45, 2.75) is 39.3 Å². The molecule has 2 heterocycles. The molecule has 0 bridgehead atoms. The first-order chi connectivity index (χ1) is 14.2. The third-order valence-corrected chi connectivity index (χ3v) is 4.73. The molecule has 30 heavy (non-hydrogen) atoms. The molecule has 0 amide bonds. The van der Waals surface area contributed by atoms with Crippen molar-refractivity contribution in [1.82, 2.24) is 14.8 Å². The van der Waals surface area contributed by atoms with E-state index in [9.17, 15) is 14.9 Å². The highest BCUT2D eigenvalue weighted by Gasteiger charge is 2.21. The average Bonchev–Trinajstić information content (AvgIpc) is 3.33. The maximum atomic E-state index is 12.1. The molecule has 9 nitrogen and oxygen atoms in total. The van der Waals surface area contributed by atoms with Crippen molar-refractivity contribution in [1.29, 1.82) is 0 Å². The Balaban J connectivity index is 1.54. The Morgan fingerprint density at radius 1 is 1.30 bits per heavy atom. The molecule has 10 heteroatoms. The van der Waals surface area contributed by atoms with Crippen LogP contribution in [0, 0.1) is 10.1 Å². The second kappa shape index (κ2) is 9.04.